The van der Waals surface area contributed by atoms with Crippen LogP contribution in [-0.4, -0.2) is 16.2 Å². The van der Waals surface area contributed by atoms with E-state index in [9.17, 15) is 15.0 Å². The van der Waals surface area contributed by atoms with Crippen molar-refractivity contribution in [1.29, 1.82) is 0 Å². The third-order valence-electron chi connectivity index (χ3n) is 4.28. The van der Waals surface area contributed by atoms with Crippen LogP contribution in [-0.2, 0) is 10.8 Å². The van der Waals surface area contributed by atoms with E-state index in [-0.39, 0.29) is 27.6 Å². The van der Waals surface area contributed by atoms with E-state index < -0.39 is 5.97 Å². The molecule has 2 N–H and O–H groups in total. The van der Waals surface area contributed by atoms with Crippen LogP contribution in [0.15, 0.2) is 6.07 Å². The first-order valence-electron chi connectivity index (χ1n) is 8.19. The molecule has 0 saturated carbocycles. The Morgan fingerprint density at radius 3 is 1.83 bits per heavy atom. The zero-order valence-corrected chi connectivity index (χ0v) is 16.1. The lowest BCUT2D eigenvalue weighted by Gasteiger charge is -2.35. The average molecular weight is 320 g/mol. The summed E-state index contributed by atoms with van der Waals surface area (Å²) in [6, 6.07) is 2.00. The molecule has 1 aromatic rings. The zero-order chi connectivity index (χ0) is 18.4. The standard InChI is InChI=1S/C20H32O3/c1-12-13(19(5,6)7)10-14(16(21)15(12)17(22)23)20(8,9)11-18(2,3)4/h10,21H,11H2,1-9H3,(H,22,23). The topological polar surface area (TPSA) is 57.5 Å². The molecule has 3 nitrogen and oxygen atoms in total. The molecule has 1 rings (SSSR count). The Balaban J connectivity index is 3.74. The van der Waals surface area contributed by atoms with Crippen molar-refractivity contribution in [2.75, 3.05) is 0 Å². The lowest BCUT2D eigenvalue weighted by atomic mass is 9.69. The van der Waals surface area contributed by atoms with Crippen LogP contribution in [0.1, 0.15) is 88.9 Å². The second-order valence-electron chi connectivity index (χ2n) is 9.50. The molecule has 0 radical (unpaired) electrons. The number of phenols is 1. The van der Waals surface area contributed by atoms with Crippen molar-refractivity contribution in [3.8, 4) is 5.75 Å². The van der Waals surface area contributed by atoms with Gasteiger partial charge in [0.1, 0.15) is 11.3 Å². The molecule has 23 heavy (non-hydrogen) atoms. The largest absolute Gasteiger partial charge is 0.507 e. The Kier molecular flexibility index (Phi) is 4.97. The average Bonchev–Trinajstić information content (AvgIpc) is 2.22. The lowest BCUT2D eigenvalue weighted by Crippen LogP contribution is -2.27. The molecule has 0 amide bonds. The summed E-state index contributed by atoms with van der Waals surface area (Å²) in [6.07, 6.45) is 0.846. The molecule has 0 aromatic heterocycles. The fourth-order valence-electron chi connectivity index (χ4n) is 3.75. The minimum absolute atomic E-state index is 0.0365. The number of aromatic carboxylic acids is 1. The molecule has 0 aliphatic rings. The van der Waals surface area contributed by atoms with Gasteiger partial charge in [-0.1, -0.05) is 61.5 Å². The van der Waals surface area contributed by atoms with Crippen LogP contribution in [0.25, 0.3) is 0 Å². The van der Waals surface area contributed by atoms with Crippen LogP contribution < -0.4 is 0 Å². The Bertz CT molecular complexity index is 611. The number of benzene rings is 1. The van der Waals surface area contributed by atoms with E-state index in [2.05, 4.69) is 55.4 Å². The number of aromatic hydroxyl groups is 1. The lowest BCUT2D eigenvalue weighted by molar-refractivity contribution is 0.0692. The molecular formula is C20H32O3. The highest BCUT2D eigenvalue weighted by atomic mass is 16.4. The van der Waals surface area contributed by atoms with Gasteiger partial charge in [-0.2, -0.15) is 0 Å². The second-order valence-corrected chi connectivity index (χ2v) is 9.50. The van der Waals surface area contributed by atoms with E-state index in [1.165, 1.54) is 0 Å². The number of hydrogen-bond acceptors (Lipinski definition) is 2. The zero-order valence-electron chi connectivity index (χ0n) is 16.1. The van der Waals surface area contributed by atoms with Gasteiger partial charge in [0, 0.05) is 5.56 Å². The highest BCUT2D eigenvalue weighted by molar-refractivity contribution is 5.93. The van der Waals surface area contributed by atoms with Gasteiger partial charge in [0.25, 0.3) is 0 Å². The van der Waals surface area contributed by atoms with E-state index in [4.69, 9.17) is 0 Å². The van der Waals surface area contributed by atoms with Crippen molar-refractivity contribution >= 4 is 5.97 Å². The maximum absolute atomic E-state index is 11.7. The molecule has 0 aliphatic heterocycles. The Hall–Kier alpha value is -1.51. The number of carbonyl (C=O) groups is 1. The van der Waals surface area contributed by atoms with Gasteiger partial charge >= 0.3 is 5.97 Å². The smallest absolute Gasteiger partial charge is 0.339 e. The number of rotatable bonds is 3. The molecule has 130 valence electrons. The van der Waals surface area contributed by atoms with Gasteiger partial charge in [0.05, 0.1) is 0 Å². The molecular weight excluding hydrogens is 288 g/mol. The Morgan fingerprint density at radius 1 is 1.00 bits per heavy atom. The summed E-state index contributed by atoms with van der Waals surface area (Å²) in [7, 11) is 0. The van der Waals surface area contributed by atoms with Crippen molar-refractivity contribution in [2.24, 2.45) is 5.41 Å². The predicted octanol–water partition coefficient (Wildman–Crippen LogP) is 5.41. The summed E-state index contributed by atoms with van der Waals surface area (Å²) in [4.78, 5) is 11.7. The van der Waals surface area contributed by atoms with Gasteiger partial charge in [-0.25, -0.2) is 4.79 Å². The number of carboxylic acid groups (broad SMARTS) is 1. The van der Waals surface area contributed by atoms with Gasteiger partial charge in [-0.15, -0.1) is 0 Å². The molecule has 0 spiro atoms. The Labute approximate surface area is 140 Å². The quantitative estimate of drug-likeness (QED) is 0.783. The van der Waals surface area contributed by atoms with E-state index >= 15 is 0 Å². The van der Waals surface area contributed by atoms with Gasteiger partial charge in [-0.3, -0.25) is 0 Å². The predicted molar refractivity (Wildman–Crippen MR) is 95.6 cm³/mol. The van der Waals surface area contributed by atoms with E-state index in [0.717, 1.165) is 17.5 Å². The summed E-state index contributed by atoms with van der Waals surface area (Å²) >= 11 is 0. The molecule has 3 heteroatoms. The van der Waals surface area contributed by atoms with Crippen molar-refractivity contribution in [1.82, 2.24) is 0 Å². The highest BCUT2D eigenvalue weighted by Gasteiger charge is 2.34. The van der Waals surface area contributed by atoms with Gasteiger partial charge in [-0.05, 0) is 40.7 Å². The van der Waals surface area contributed by atoms with Crippen molar-refractivity contribution < 1.29 is 15.0 Å². The van der Waals surface area contributed by atoms with Gasteiger partial charge in [0.15, 0.2) is 0 Å². The van der Waals surface area contributed by atoms with Crippen molar-refractivity contribution in [2.45, 2.75) is 79.6 Å². The van der Waals surface area contributed by atoms with Crippen molar-refractivity contribution in [3.05, 3.63) is 28.3 Å². The van der Waals surface area contributed by atoms with Crippen LogP contribution in [0.3, 0.4) is 0 Å². The summed E-state index contributed by atoms with van der Waals surface area (Å²) in [6.45, 7) is 18.6. The normalized spacial score (nSPS) is 13.3. The fraction of sp³-hybridized carbons (Fsp3) is 0.650. The van der Waals surface area contributed by atoms with E-state index in [0.29, 0.717) is 5.56 Å². The number of carboxylic acids is 1. The first kappa shape index (κ1) is 19.5. The van der Waals surface area contributed by atoms with Crippen molar-refractivity contribution in [3.63, 3.8) is 0 Å². The third kappa shape index (κ3) is 4.27. The molecule has 0 atom stereocenters. The monoisotopic (exact) mass is 320 g/mol. The fourth-order valence-corrected chi connectivity index (χ4v) is 3.75. The van der Waals surface area contributed by atoms with Crippen LogP contribution in [0.4, 0.5) is 0 Å². The molecule has 0 bridgehead atoms. The minimum Gasteiger partial charge on any atom is -0.507 e. The third-order valence-corrected chi connectivity index (χ3v) is 4.28. The second kappa shape index (κ2) is 5.85. The minimum atomic E-state index is -1.07. The highest BCUT2D eigenvalue weighted by Crippen LogP contribution is 2.44. The summed E-state index contributed by atoms with van der Waals surface area (Å²) in [5.74, 6) is -1.16. The van der Waals surface area contributed by atoms with Crippen LogP contribution in [0.2, 0.25) is 0 Å². The van der Waals surface area contributed by atoms with Gasteiger partial charge < -0.3 is 10.2 Å². The molecule has 0 aliphatic carbocycles. The van der Waals surface area contributed by atoms with E-state index in [1.54, 1.807) is 6.92 Å². The number of hydrogen-bond donors (Lipinski definition) is 2. The van der Waals surface area contributed by atoms with Crippen LogP contribution in [0, 0.1) is 12.3 Å². The Morgan fingerprint density at radius 2 is 1.48 bits per heavy atom. The van der Waals surface area contributed by atoms with E-state index in [1.807, 2.05) is 6.07 Å². The SMILES string of the molecule is Cc1c(C(C)(C)C)cc(C(C)(C)CC(C)(C)C)c(O)c1C(=O)O. The van der Waals surface area contributed by atoms with Crippen LogP contribution in [0.5, 0.6) is 5.75 Å². The molecule has 0 fully saturated rings. The summed E-state index contributed by atoms with van der Waals surface area (Å²) in [5.41, 5.74) is 1.96. The maximum atomic E-state index is 11.7. The first-order chi connectivity index (χ1) is 10.1. The first-order valence-corrected chi connectivity index (χ1v) is 8.19. The molecule has 0 saturated heterocycles. The molecule has 1 aromatic carbocycles. The maximum Gasteiger partial charge on any atom is 0.339 e. The summed E-state index contributed by atoms with van der Waals surface area (Å²) in [5, 5.41) is 20.3. The molecule has 0 heterocycles. The molecule has 0 unspecified atom stereocenters. The summed E-state index contributed by atoms with van der Waals surface area (Å²) < 4.78 is 0. The van der Waals surface area contributed by atoms with Crippen LogP contribution >= 0.6 is 0 Å². The van der Waals surface area contributed by atoms with Gasteiger partial charge in [0.2, 0.25) is 0 Å².